The van der Waals surface area contributed by atoms with Crippen LogP contribution >= 0.6 is 0 Å². The summed E-state index contributed by atoms with van der Waals surface area (Å²) >= 11 is 0. The van der Waals surface area contributed by atoms with Crippen LogP contribution in [0.25, 0.3) is 22.4 Å². The number of nitrogens with one attached hydrogen (secondary N) is 1. The van der Waals surface area contributed by atoms with Crippen molar-refractivity contribution in [3.63, 3.8) is 0 Å². The van der Waals surface area contributed by atoms with Gasteiger partial charge in [0.2, 0.25) is 11.8 Å². The van der Waals surface area contributed by atoms with Crippen LogP contribution in [-0.4, -0.2) is 15.7 Å². The number of amides is 1. The Balaban J connectivity index is 1.72. The molecule has 0 aliphatic carbocycles. The van der Waals surface area contributed by atoms with Gasteiger partial charge in [-0.25, -0.2) is 14.0 Å². The summed E-state index contributed by atoms with van der Waals surface area (Å²) in [5.41, 5.74) is 1.06. The van der Waals surface area contributed by atoms with Crippen molar-refractivity contribution >= 4 is 22.6 Å². The van der Waals surface area contributed by atoms with Gasteiger partial charge in [-0.3, -0.25) is 4.79 Å². The summed E-state index contributed by atoms with van der Waals surface area (Å²) in [5, 5.41) is 7.31. The molecule has 2 aromatic carbocycles. The number of hydrogen-bond donors (Lipinski definition) is 1. The third-order valence-corrected chi connectivity index (χ3v) is 4.17. The van der Waals surface area contributed by atoms with E-state index in [0.717, 1.165) is 4.68 Å². The van der Waals surface area contributed by atoms with Gasteiger partial charge < -0.3 is 14.2 Å². The van der Waals surface area contributed by atoms with E-state index >= 15 is 0 Å². The molecule has 1 N–H and O–H groups in total. The predicted molar refractivity (Wildman–Crippen MR) is 102 cm³/mol. The summed E-state index contributed by atoms with van der Waals surface area (Å²) in [6, 6.07) is 11.5. The highest BCUT2D eigenvalue weighted by molar-refractivity contribution is 5.92. The van der Waals surface area contributed by atoms with Gasteiger partial charge in [-0.05, 0) is 42.0 Å². The molecular formula is C20H14FN3O5. The Labute approximate surface area is 162 Å². The third-order valence-electron chi connectivity index (χ3n) is 4.17. The molecule has 2 aromatic heterocycles. The molecule has 8 nitrogen and oxygen atoms in total. The van der Waals surface area contributed by atoms with Crippen LogP contribution in [0.2, 0.25) is 0 Å². The van der Waals surface area contributed by atoms with Crippen LogP contribution < -0.4 is 16.7 Å². The number of benzene rings is 2. The molecule has 1 amide bonds. The molecule has 0 saturated carbocycles. The highest BCUT2D eigenvalue weighted by Gasteiger charge is 2.14. The van der Waals surface area contributed by atoms with Gasteiger partial charge in [0.1, 0.15) is 11.4 Å². The van der Waals surface area contributed by atoms with E-state index < -0.39 is 17.2 Å². The molecule has 0 aliphatic heterocycles. The first-order chi connectivity index (χ1) is 13.9. The Hall–Kier alpha value is -4.01. The van der Waals surface area contributed by atoms with Crippen molar-refractivity contribution in [2.75, 3.05) is 5.32 Å². The average Bonchev–Trinajstić information content (AvgIpc) is 3.02. The van der Waals surface area contributed by atoms with Gasteiger partial charge in [-0.2, -0.15) is 4.68 Å². The van der Waals surface area contributed by atoms with Gasteiger partial charge in [0.15, 0.2) is 0 Å². The molecule has 146 valence electrons. The smallest absolute Gasteiger partial charge is 0.423 e. The Morgan fingerprint density at radius 3 is 2.59 bits per heavy atom. The minimum absolute atomic E-state index is 0.0366. The molecule has 4 aromatic rings. The molecule has 2 heterocycles. The number of hydrogen-bond acceptors (Lipinski definition) is 6. The van der Waals surface area contributed by atoms with Crippen molar-refractivity contribution in [3.8, 4) is 11.5 Å². The Morgan fingerprint density at radius 1 is 1.10 bits per heavy atom. The molecule has 0 radical (unpaired) electrons. The summed E-state index contributed by atoms with van der Waals surface area (Å²) in [4.78, 5) is 35.4. The second-order valence-corrected chi connectivity index (χ2v) is 6.32. The lowest BCUT2D eigenvalue weighted by Gasteiger charge is -2.07. The van der Waals surface area contributed by atoms with E-state index in [1.54, 1.807) is 12.1 Å². The van der Waals surface area contributed by atoms with Crippen LogP contribution in [0.15, 0.2) is 67.0 Å². The molecule has 0 saturated heterocycles. The van der Waals surface area contributed by atoms with Gasteiger partial charge >= 0.3 is 11.4 Å². The largest absolute Gasteiger partial charge is 0.437 e. The standard InChI is InChI=1S/C20H14FN3O5/c1-11(25)22-15-6-7-16-13(8-18(26)28-17(16)9-15)10-24-20(27)29-19(23-24)12-2-4-14(21)5-3-12/h2-9H,10H2,1H3,(H,22,25). The van der Waals surface area contributed by atoms with Crippen molar-refractivity contribution in [3.05, 3.63) is 80.9 Å². The molecule has 0 atom stereocenters. The van der Waals surface area contributed by atoms with Gasteiger partial charge in [-0.1, -0.05) is 0 Å². The van der Waals surface area contributed by atoms with Crippen LogP contribution in [0.1, 0.15) is 12.5 Å². The first-order valence-corrected chi connectivity index (χ1v) is 8.57. The number of fused-ring (bicyclic) bond motifs is 1. The van der Waals surface area contributed by atoms with Crippen LogP contribution in [0.3, 0.4) is 0 Å². The van der Waals surface area contributed by atoms with Crippen molar-refractivity contribution in [1.82, 2.24) is 9.78 Å². The van der Waals surface area contributed by atoms with Crippen molar-refractivity contribution in [2.45, 2.75) is 13.5 Å². The lowest BCUT2D eigenvalue weighted by atomic mass is 10.1. The molecule has 0 aliphatic rings. The first-order valence-electron chi connectivity index (χ1n) is 8.57. The monoisotopic (exact) mass is 395 g/mol. The average molecular weight is 395 g/mol. The number of anilines is 1. The molecular weight excluding hydrogens is 381 g/mol. The lowest BCUT2D eigenvalue weighted by Crippen LogP contribution is -2.17. The fourth-order valence-corrected chi connectivity index (χ4v) is 2.92. The van der Waals surface area contributed by atoms with Gasteiger partial charge in [-0.15, -0.1) is 5.10 Å². The number of halogens is 1. The lowest BCUT2D eigenvalue weighted by molar-refractivity contribution is -0.114. The SMILES string of the molecule is CC(=O)Nc1ccc2c(Cn3nc(-c4ccc(F)cc4)oc3=O)cc(=O)oc2c1. The highest BCUT2D eigenvalue weighted by atomic mass is 19.1. The Morgan fingerprint density at radius 2 is 1.86 bits per heavy atom. The van der Waals surface area contributed by atoms with E-state index in [1.165, 1.54) is 43.3 Å². The van der Waals surface area contributed by atoms with Gasteiger partial charge in [0.05, 0.1) is 6.54 Å². The summed E-state index contributed by atoms with van der Waals surface area (Å²) in [6.07, 6.45) is 0. The highest BCUT2D eigenvalue weighted by Crippen LogP contribution is 2.22. The Bertz CT molecular complexity index is 1330. The molecule has 29 heavy (non-hydrogen) atoms. The zero-order chi connectivity index (χ0) is 20.5. The zero-order valence-corrected chi connectivity index (χ0v) is 15.1. The van der Waals surface area contributed by atoms with E-state index in [2.05, 4.69) is 10.4 Å². The van der Waals surface area contributed by atoms with Gasteiger partial charge in [0, 0.05) is 35.7 Å². The second kappa shape index (κ2) is 7.19. The van der Waals surface area contributed by atoms with Gasteiger partial charge in [0.25, 0.3) is 0 Å². The topological polar surface area (TPSA) is 107 Å². The van der Waals surface area contributed by atoms with E-state index in [9.17, 15) is 18.8 Å². The zero-order valence-electron chi connectivity index (χ0n) is 15.1. The number of carbonyl (C=O) groups excluding carboxylic acids is 1. The summed E-state index contributed by atoms with van der Waals surface area (Å²) < 4.78 is 24.5. The predicted octanol–water partition coefficient (Wildman–Crippen LogP) is 2.76. The summed E-state index contributed by atoms with van der Waals surface area (Å²) in [6.45, 7) is 1.33. The van der Waals surface area contributed by atoms with E-state index in [1.807, 2.05) is 0 Å². The number of rotatable bonds is 4. The molecule has 0 unspecified atom stereocenters. The van der Waals surface area contributed by atoms with Crippen LogP contribution in [-0.2, 0) is 11.3 Å². The van der Waals surface area contributed by atoms with Crippen molar-refractivity contribution in [2.24, 2.45) is 0 Å². The quantitative estimate of drug-likeness (QED) is 0.533. The maximum Gasteiger partial charge on any atom is 0.437 e. The number of nitrogens with zero attached hydrogens (tertiary/aromatic N) is 2. The maximum atomic E-state index is 13.1. The number of aromatic nitrogens is 2. The van der Waals surface area contributed by atoms with Crippen molar-refractivity contribution in [1.29, 1.82) is 0 Å². The summed E-state index contributed by atoms with van der Waals surface area (Å²) in [7, 11) is 0. The van der Waals surface area contributed by atoms with Crippen LogP contribution in [0, 0.1) is 5.82 Å². The third kappa shape index (κ3) is 3.84. The molecule has 9 heteroatoms. The van der Waals surface area contributed by atoms with E-state index in [-0.39, 0.29) is 23.9 Å². The number of carbonyl (C=O) groups is 1. The molecule has 0 fully saturated rings. The summed E-state index contributed by atoms with van der Waals surface area (Å²) in [5.74, 6) is -1.36. The minimum atomic E-state index is -0.722. The van der Waals surface area contributed by atoms with E-state index in [4.69, 9.17) is 8.83 Å². The van der Waals surface area contributed by atoms with Crippen LogP contribution in [0.4, 0.5) is 10.1 Å². The molecule has 4 rings (SSSR count). The fraction of sp³-hybridized carbons (Fsp3) is 0.100. The Kier molecular flexibility index (Phi) is 4.55. The minimum Gasteiger partial charge on any atom is -0.423 e. The molecule has 0 spiro atoms. The van der Waals surface area contributed by atoms with E-state index in [0.29, 0.717) is 22.2 Å². The second-order valence-electron chi connectivity index (χ2n) is 6.32. The normalized spacial score (nSPS) is 11.0. The molecule has 0 bridgehead atoms. The maximum absolute atomic E-state index is 13.1. The van der Waals surface area contributed by atoms with Crippen molar-refractivity contribution < 1.29 is 18.0 Å². The van der Waals surface area contributed by atoms with Crippen LogP contribution in [0.5, 0.6) is 0 Å². The first kappa shape index (κ1) is 18.4. The fourth-order valence-electron chi connectivity index (χ4n) is 2.92.